The highest BCUT2D eigenvalue weighted by molar-refractivity contribution is 9.10. The molecule has 0 aromatic heterocycles. The molecule has 0 aliphatic carbocycles. The molecule has 70 valence electrons. The fourth-order valence-corrected chi connectivity index (χ4v) is 3.52. The van der Waals surface area contributed by atoms with Gasteiger partial charge in [-0.25, -0.2) is 0 Å². The quantitative estimate of drug-likeness (QED) is 0.775. The Hall–Kier alpha value is -0.350. The van der Waals surface area contributed by atoms with Crippen molar-refractivity contribution in [2.45, 2.75) is 11.8 Å². The summed E-state index contributed by atoms with van der Waals surface area (Å²) in [5.41, 5.74) is 2.14. The molecule has 1 atom stereocenters. The molecule has 1 aliphatic rings. The molecule has 1 unspecified atom stereocenters. The van der Waals surface area contributed by atoms with E-state index in [0.717, 1.165) is 27.2 Å². The normalized spacial score (nSPS) is 20.6. The Kier molecular flexibility index (Phi) is 2.43. The Morgan fingerprint density at radius 3 is 3.08 bits per heavy atom. The van der Waals surface area contributed by atoms with Gasteiger partial charge in [0.25, 0.3) is 0 Å². The summed E-state index contributed by atoms with van der Waals surface area (Å²) < 4.78 is 12.6. The maximum atomic E-state index is 11.6. The Morgan fingerprint density at radius 2 is 2.31 bits per heavy atom. The Bertz CT molecular complexity index is 378. The van der Waals surface area contributed by atoms with Gasteiger partial charge in [-0.15, -0.1) is 0 Å². The number of nitrogens with one attached hydrogen (secondary N) is 1. The molecule has 0 saturated carbocycles. The van der Waals surface area contributed by atoms with Crippen molar-refractivity contribution in [2.75, 3.05) is 17.6 Å². The maximum Gasteiger partial charge on any atom is 0.0649 e. The zero-order valence-electron chi connectivity index (χ0n) is 7.26. The Balaban J connectivity index is 2.63. The van der Waals surface area contributed by atoms with Crippen LogP contribution in [0.25, 0.3) is 0 Å². The number of anilines is 1. The van der Waals surface area contributed by atoms with E-state index in [9.17, 15) is 4.21 Å². The minimum absolute atomic E-state index is 0.711. The Labute approximate surface area is 88.3 Å². The molecule has 1 N–H and O–H groups in total. The lowest BCUT2D eigenvalue weighted by Gasteiger charge is -2.19. The van der Waals surface area contributed by atoms with E-state index in [4.69, 9.17) is 0 Å². The predicted octanol–water partition coefficient (Wildman–Crippen LogP) is 2.29. The van der Waals surface area contributed by atoms with E-state index in [1.807, 2.05) is 19.1 Å². The lowest BCUT2D eigenvalue weighted by Crippen LogP contribution is -2.19. The van der Waals surface area contributed by atoms with Crippen LogP contribution in [-0.2, 0) is 10.8 Å². The number of hydrogen-bond donors (Lipinski definition) is 1. The summed E-state index contributed by atoms with van der Waals surface area (Å²) in [6.07, 6.45) is 0. The first-order valence-corrected chi connectivity index (χ1v) is 6.22. The SMILES string of the molecule is Cc1cc(Br)c2c(c1)S(=O)CCN2. The van der Waals surface area contributed by atoms with Crippen molar-refractivity contribution in [3.05, 3.63) is 22.2 Å². The van der Waals surface area contributed by atoms with Crippen LogP contribution in [0.3, 0.4) is 0 Å². The van der Waals surface area contributed by atoms with Crippen molar-refractivity contribution < 1.29 is 4.21 Å². The van der Waals surface area contributed by atoms with Crippen molar-refractivity contribution in [3.63, 3.8) is 0 Å². The molecule has 4 heteroatoms. The molecule has 13 heavy (non-hydrogen) atoms. The highest BCUT2D eigenvalue weighted by Gasteiger charge is 2.17. The maximum absolute atomic E-state index is 11.6. The number of benzene rings is 1. The van der Waals surface area contributed by atoms with Gasteiger partial charge in [-0.05, 0) is 40.5 Å². The van der Waals surface area contributed by atoms with Gasteiger partial charge in [0, 0.05) is 16.8 Å². The average Bonchev–Trinajstić information content (AvgIpc) is 2.07. The van der Waals surface area contributed by atoms with Gasteiger partial charge in [-0.2, -0.15) is 0 Å². The standard InChI is InChI=1S/C9H10BrNOS/c1-6-4-7(10)9-8(5-6)13(12)3-2-11-9/h4-5,11H,2-3H2,1H3. The molecule has 0 bridgehead atoms. The molecular weight excluding hydrogens is 250 g/mol. The van der Waals surface area contributed by atoms with Crippen molar-refractivity contribution in [3.8, 4) is 0 Å². The lowest BCUT2D eigenvalue weighted by atomic mass is 10.2. The topological polar surface area (TPSA) is 29.1 Å². The molecule has 0 saturated heterocycles. The molecule has 1 aromatic rings. The van der Waals surface area contributed by atoms with Crippen molar-refractivity contribution in [2.24, 2.45) is 0 Å². The van der Waals surface area contributed by atoms with Crippen LogP contribution >= 0.6 is 15.9 Å². The van der Waals surface area contributed by atoms with Crippen LogP contribution in [0.2, 0.25) is 0 Å². The molecule has 1 aliphatic heterocycles. The summed E-state index contributed by atoms with van der Waals surface area (Å²) in [6, 6.07) is 4.02. The van der Waals surface area contributed by atoms with Gasteiger partial charge in [0.05, 0.1) is 21.4 Å². The summed E-state index contributed by atoms with van der Waals surface area (Å²) in [6.45, 7) is 2.80. The highest BCUT2D eigenvalue weighted by atomic mass is 79.9. The van der Waals surface area contributed by atoms with Gasteiger partial charge < -0.3 is 5.32 Å². The molecule has 0 fully saturated rings. The molecule has 2 rings (SSSR count). The highest BCUT2D eigenvalue weighted by Crippen LogP contribution is 2.32. The van der Waals surface area contributed by atoms with E-state index in [0.29, 0.717) is 5.75 Å². The number of aryl methyl sites for hydroxylation is 1. The molecule has 1 aromatic carbocycles. The summed E-state index contributed by atoms with van der Waals surface area (Å²) in [4.78, 5) is 0.929. The fourth-order valence-electron chi connectivity index (χ4n) is 1.44. The van der Waals surface area contributed by atoms with E-state index in [1.54, 1.807) is 0 Å². The molecular formula is C9H10BrNOS. The van der Waals surface area contributed by atoms with Crippen LogP contribution < -0.4 is 5.32 Å². The van der Waals surface area contributed by atoms with Crippen molar-refractivity contribution in [1.82, 2.24) is 0 Å². The fraction of sp³-hybridized carbons (Fsp3) is 0.333. The van der Waals surface area contributed by atoms with Gasteiger partial charge in [0.15, 0.2) is 0 Å². The minimum atomic E-state index is -0.828. The molecule has 0 amide bonds. The van der Waals surface area contributed by atoms with Gasteiger partial charge in [-0.1, -0.05) is 0 Å². The van der Waals surface area contributed by atoms with Gasteiger partial charge >= 0.3 is 0 Å². The van der Waals surface area contributed by atoms with E-state index in [2.05, 4.69) is 21.2 Å². The summed E-state index contributed by atoms with van der Waals surface area (Å²) in [5, 5.41) is 3.25. The van der Waals surface area contributed by atoms with E-state index < -0.39 is 10.8 Å². The second-order valence-corrected chi connectivity index (χ2v) is 5.49. The minimum Gasteiger partial charge on any atom is -0.382 e. The first-order chi connectivity index (χ1) is 6.18. The second-order valence-electron chi connectivity index (χ2n) is 3.10. The van der Waals surface area contributed by atoms with E-state index in [-0.39, 0.29) is 0 Å². The van der Waals surface area contributed by atoms with Gasteiger partial charge in [0.1, 0.15) is 0 Å². The summed E-state index contributed by atoms with van der Waals surface area (Å²) >= 11 is 3.46. The third-order valence-electron chi connectivity index (χ3n) is 2.03. The molecule has 2 nitrogen and oxygen atoms in total. The van der Waals surface area contributed by atoms with Crippen LogP contribution in [0.4, 0.5) is 5.69 Å². The van der Waals surface area contributed by atoms with Gasteiger partial charge in [0.2, 0.25) is 0 Å². The molecule has 0 radical (unpaired) electrons. The number of rotatable bonds is 0. The molecule has 0 spiro atoms. The monoisotopic (exact) mass is 259 g/mol. The number of halogens is 1. The van der Waals surface area contributed by atoms with Crippen molar-refractivity contribution in [1.29, 1.82) is 0 Å². The summed E-state index contributed by atoms with van der Waals surface area (Å²) in [5.74, 6) is 0.711. The van der Waals surface area contributed by atoms with Crippen LogP contribution in [0.15, 0.2) is 21.5 Å². The van der Waals surface area contributed by atoms with Crippen LogP contribution in [-0.4, -0.2) is 16.5 Å². The molecule has 1 heterocycles. The zero-order chi connectivity index (χ0) is 9.42. The van der Waals surface area contributed by atoms with Crippen LogP contribution in [0.5, 0.6) is 0 Å². The first-order valence-electron chi connectivity index (χ1n) is 4.11. The lowest BCUT2D eigenvalue weighted by molar-refractivity contribution is 0.681. The zero-order valence-corrected chi connectivity index (χ0v) is 9.67. The third-order valence-corrected chi connectivity index (χ3v) is 4.05. The van der Waals surface area contributed by atoms with E-state index >= 15 is 0 Å². The number of hydrogen-bond acceptors (Lipinski definition) is 2. The third kappa shape index (κ3) is 1.65. The second kappa shape index (κ2) is 3.42. The Morgan fingerprint density at radius 1 is 1.54 bits per heavy atom. The smallest absolute Gasteiger partial charge is 0.0649 e. The largest absolute Gasteiger partial charge is 0.382 e. The van der Waals surface area contributed by atoms with E-state index in [1.165, 1.54) is 0 Å². The summed E-state index contributed by atoms with van der Waals surface area (Å²) in [7, 11) is -0.828. The predicted molar refractivity (Wildman–Crippen MR) is 58.6 cm³/mol. The van der Waals surface area contributed by atoms with Crippen LogP contribution in [0.1, 0.15) is 5.56 Å². The van der Waals surface area contributed by atoms with Crippen molar-refractivity contribution >= 4 is 32.4 Å². The first kappa shape index (κ1) is 9.21. The van der Waals surface area contributed by atoms with Gasteiger partial charge in [-0.3, -0.25) is 4.21 Å². The number of fused-ring (bicyclic) bond motifs is 1. The average molecular weight is 260 g/mol. The van der Waals surface area contributed by atoms with Crippen LogP contribution in [0, 0.1) is 6.92 Å².